The molecule has 3 aromatic rings. The molecular weight excluding hydrogens is 436 g/mol. The molecule has 3 aromatic carbocycles. The van der Waals surface area contributed by atoms with Gasteiger partial charge in [0.05, 0.1) is 13.5 Å². The smallest absolute Gasteiger partial charge is 0.247 e. The fourth-order valence-corrected chi connectivity index (χ4v) is 3.63. The second kappa shape index (κ2) is 11.9. The van der Waals surface area contributed by atoms with Crippen LogP contribution in [0.1, 0.15) is 22.7 Å². The fourth-order valence-electron chi connectivity index (χ4n) is 3.51. The number of amides is 2. The van der Waals surface area contributed by atoms with Gasteiger partial charge in [-0.1, -0.05) is 72.3 Å². The van der Waals surface area contributed by atoms with E-state index >= 15 is 0 Å². The van der Waals surface area contributed by atoms with E-state index in [9.17, 15) is 9.59 Å². The SMILES string of the molecule is C=CCNC(=O)[C@@H](c1ccccc1)N(Cc1ccc(OC)cc1)C(=O)Cc1ccc(Cl)cc1. The molecule has 170 valence electrons. The first-order valence-electron chi connectivity index (χ1n) is 10.6. The molecule has 1 N–H and O–H groups in total. The normalized spacial score (nSPS) is 11.3. The summed E-state index contributed by atoms with van der Waals surface area (Å²) in [5, 5.41) is 3.46. The van der Waals surface area contributed by atoms with E-state index in [-0.39, 0.29) is 24.8 Å². The number of benzene rings is 3. The highest BCUT2D eigenvalue weighted by molar-refractivity contribution is 6.30. The Kier molecular flexibility index (Phi) is 8.67. The minimum Gasteiger partial charge on any atom is -0.497 e. The van der Waals surface area contributed by atoms with Crippen molar-refractivity contribution >= 4 is 23.4 Å². The molecular formula is C27H27ClN2O3. The molecule has 0 saturated carbocycles. The summed E-state index contributed by atoms with van der Waals surface area (Å²) in [7, 11) is 1.60. The van der Waals surface area contributed by atoms with E-state index in [0.29, 0.717) is 11.6 Å². The number of halogens is 1. The minimum atomic E-state index is -0.798. The molecule has 0 aromatic heterocycles. The Balaban J connectivity index is 1.98. The van der Waals surface area contributed by atoms with Crippen LogP contribution in [-0.2, 0) is 22.6 Å². The molecule has 0 fully saturated rings. The molecule has 0 unspecified atom stereocenters. The summed E-state index contributed by atoms with van der Waals surface area (Å²) >= 11 is 6.00. The maximum atomic E-state index is 13.6. The van der Waals surface area contributed by atoms with E-state index in [4.69, 9.17) is 16.3 Å². The lowest BCUT2D eigenvalue weighted by atomic mass is 10.0. The lowest BCUT2D eigenvalue weighted by Crippen LogP contribution is -2.44. The largest absolute Gasteiger partial charge is 0.497 e. The molecule has 1 atom stereocenters. The van der Waals surface area contributed by atoms with E-state index < -0.39 is 6.04 Å². The van der Waals surface area contributed by atoms with Crippen molar-refractivity contribution in [3.63, 3.8) is 0 Å². The fraction of sp³-hybridized carbons (Fsp3) is 0.185. The Morgan fingerprint density at radius 1 is 1.00 bits per heavy atom. The Morgan fingerprint density at radius 3 is 2.24 bits per heavy atom. The minimum absolute atomic E-state index is 0.144. The zero-order chi connectivity index (χ0) is 23.6. The molecule has 0 bridgehead atoms. The maximum absolute atomic E-state index is 13.6. The Labute approximate surface area is 199 Å². The van der Waals surface area contributed by atoms with Crippen LogP contribution in [0.5, 0.6) is 5.75 Å². The van der Waals surface area contributed by atoms with Crippen LogP contribution >= 0.6 is 11.6 Å². The van der Waals surface area contributed by atoms with Gasteiger partial charge in [0.25, 0.3) is 0 Å². The average Bonchev–Trinajstić information content (AvgIpc) is 2.84. The maximum Gasteiger partial charge on any atom is 0.247 e. The van der Waals surface area contributed by atoms with E-state index in [1.165, 1.54) is 0 Å². The van der Waals surface area contributed by atoms with Crippen molar-refractivity contribution in [2.24, 2.45) is 0 Å². The monoisotopic (exact) mass is 462 g/mol. The van der Waals surface area contributed by atoms with Gasteiger partial charge in [0.2, 0.25) is 11.8 Å². The number of hydrogen-bond donors (Lipinski definition) is 1. The number of ether oxygens (including phenoxy) is 1. The zero-order valence-corrected chi connectivity index (χ0v) is 19.3. The molecule has 3 rings (SSSR count). The van der Waals surface area contributed by atoms with Crippen LogP contribution in [0.4, 0.5) is 0 Å². The Bertz CT molecular complexity index is 1070. The molecule has 0 aliphatic carbocycles. The van der Waals surface area contributed by atoms with E-state index in [2.05, 4.69) is 11.9 Å². The second-order valence-electron chi connectivity index (χ2n) is 7.52. The molecule has 0 heterocycles. The van der Waals surface area contributed by atoms with Gasteiger partial charge >= 0.3 is 0 Å². The number of rotatable bonds is 10. The average molecular weight is 463 g/mol. The van der Waals surface area contributed by atoms with Crippen LogP contribution in [0.15, 0.2) is 91.5 Å². The van der Waals surface area contributed by atoms with Crippen LogP contribution in [-0.4, -0.2) is 30.4 Å². The van der Waals surface area contributed by atoms with Gasteiger partial charge in [-0.3, -0.25) is 9.59 Å². The lowest BCUT2D eigenvalue weighted by molar-refractivity contribution is -0.141. The van der Waals surface area contributed by atoms with Gasteiger partial charge in [-0.25, -0.2) is 0 Å². The molecule has 0 radical (unpaired) electrons. The summed E-state index contributed by atoms with van der Waals surface area (Å²) in [6.07, 6.45) is 1.76. The van der Waals surface area contributed by atoms with Gasteiger partial charge in [0.15, 0.2) is 0 Å². The Morgan fingerprint density at radius 2 is 1.64 bits per heavy atom. The zero-order valence-electron chi connectivity index (χ0n) is 18.5. The van der Waals surface area contributed by atoms with Crippen molar-refractivity contribution in [1.29, 1.82) is 0 Å². The van der Waals surface area contributed by atoms with Gasteiger partial charge in [-0.15, -0.1) is 6.58 Å². The van der Waals surface area contributed by atoms with Crippen LogP contribution in [0.3, 0.4) is 0 Å². The number of carbonyl (C=O) groups excluding carboxylic acids is 2. The highest BCUT2D eigenvalue weighted by Crippen LogP contribution is 2.26. The van der Waals surface area contributed by atoms with Crippen molar-refractivity contribution in [2.75, 3.05) is 13.7 Å². The van der Waals surface area contributed by atoms with Gasteiger partial charge < -0.3 is 15.0 Å². The van der Waals surface area contributed by atoms with Gasteiger partial charge in [0, 0.05) is 18.1 Å². The van der Waals surface area contributed by atoms with Crippen molar-refractivity contribution in [2.45, 2.75) is 19.0 Å². The van der Waals surface area contributed by atoms with Crippen LogP contribution in [0.25, 0.3) is 0 Å². The van der Waals surface area contributed by atoms with E-state index in [1.54, 1.807) is 30.2 Å². The molecule has 33 heavy (non-hydrogen) atoms. The summed E-state index contributed by atoms with van der Waals surface area (Å²) in [5.41, 5.74) is 2.44. The highest BCUT2D eigenvalue weighted by atomic mass is 35.5. The van der Waals surface area contributed by atoms with Crippen molar-refractivity contribution in [3.05, 3.63) is 113 Å². The highest BCUT2D eigenvalue weighted by Gasteiger charge is 2.31. The third-order valence-corrected chi connectivity index (χ3v) is 5.45. The summed E-state index contributed by atoms with van der Waals surface area (Å²) in [6.45, 7) is 4.24. The molecule has 2 amide bonds. The van der Waals surface area contributed by atoms with E-state index in [0.717, 1.165) is 22.4 Å². The van der Waals surface area contributed by atoms with Crippen LogP contribution in [0, 0.1) is 0 Å². The molecule has 5 nitrogen and oxygen atoms in total. The number of carbonyl (C=O) groups is 2. The van der Waals surface area contributed by atoms with Gasteiger partial charge in [-0.2, -0.15) is 0 Å². The number of hydrogen-bond acceptors (Lipinski definition) is 3. The predicted molar refractivity (Wildman–Crippen MR) is 131 cm³/mol. The first kappa shape index (κ1) is 24.1. The predicted octanol–water partition coefficient (Wildman–Crippen LogP) is 4.96. The summed E-state index contributed by atoms with van der Waals surface area (Å²) in [4.78, 5) is 28.4. The topological polar surface area (TPSA) is 58.6 Å². The summed E-state index contributed by atoms with van der Waals surface area (Å²) < 4.78 is 5.24. The number of nitrogens with zero attached hydrogens (tertiary/aromatic N) is 1. The van der Waals surface area contributed by atoms with Gasteiger partial charge in [0.1, 0.15) is 11.8 Å². The molecule has 0 spiro atoms. The lowest BCUT2D eigenvalue weighted by Gasteiger charge is -2.31. The van der Waals surface area contributed by atoms with Crippen LogP contribution < -0.4 is 10.1 Å². The van der Waals surface area contributed by atoms with Crippen LogP contribution in [0.2, 0.25) is 5.02 Å². The van der Waals surface area contributed by atoms with E-state index in [1.807, 2.05) is 66.7 Å². The van der Waals surface area contributed by atoms with Gasteiger partial charge in [-0.05, 0) is 41.0 Å². The molecule has 0 saturated heterocycles. The molecule has 0 aliphatic heterocycles. The first-order chi connectivity index (χ1) is 16.0. The first-order valence-corrected chi connectivity index (χ1v) is 11.0. The summed E-state index contributed by atoms with van der Waals surface area (Å²) in [5.74, 6) is 0.288. The van der Waals surface area contributed by atoms with Crippen molar-refractivity contribution < 1.29 is 14.3 Å². The standard InChI is InChI=1S/C27H27ClN2O3/c1-3-17-29-27(32)26(22-7-5-4-6-8-22)30(19-21-11-15-24(33-2)16-12-21)25(31)18-20-9-13-23(28)14-10-20/h3-16,26H,1,17-19H2,2H3,(H,29,32)/t26-/m1/s1. The quantitative estimate of drug-likeness (QED) is 0.433. The van der Waals surface area contributed by atoms with Crippen molar-refractivity contribution in [3.8, 4) is 5.75 Å². The third kappa shape index (κ3) is 6.70. The molecule has 0 aliphatic rings. The summed E-state index contributed by atoms with van der Waals surface area (Å²) in [6, 6.07) is 23.1. The number of methoxy groups -OCH3 is 1. The second-order valence-corrected chi connectivity index (χ2v) is 7.96. The molecule has 6 heteroatoms. The Hall–Kier alpha value is -3.57. The third-order valence-electron chi connectivity index (χ3n) is 5.20. The van der Waals surface area contributed by atoms with Crippen molar-refractivity contribution in [1.82, 2.24) is 10.2 Å². The number of nitrogens with one attached hydrogen (secondary N) is 1.